The number of rotatable bonds is 3. The van der Waals surface area contributed by atoms with Crippen LogP contribution in [0.15, 0.2) is 58.4 Å². The van der Waals surface area contributed by atoms with E-state index < -0.39 is 11.8 Å². The van der Waals surface area contributed by atoms with Crippen LogP contribution < -0.4 is 4.74 Å². The number of hydrogen-bond donors (Lipinski definition) is 0. The Morgan fingerprint density at radius 1 is 1.15 bits per heavy atom. The Bertz CT molecular complexity index is 905. The van der Waals surface area contributed by atoms with Crippen LogP contribution in [-0.4, -0.2) is 29.0 Å². The molecule has 2 aromatic carbocycles. The number of amidine groups is 1. The molecule has 0 N–H and O–H groups in total. The number of nitrogens with zero attached hydrogens (tertiary/aromatic N) is 2. The summed E-state index contributed by atoms with van der Waals surface area (Å²) in [5.41, 5.74) is 1.26. The number of carbonyl (C=O) groups is 2. The summed E-state index contributed by atoms with van der Waals surface area (Å²) in [6.45, 7) is 1.31. The van der Waals surface area contributed by atoms with Crippen LogP contribution in [0.5, 0.6) is 5.75 Å². The van der Waals surface area contributed by atoms with Gasteiger partial charge >= 0.3 is 0 Å². The number of methoxy groups -OCH3 is 1. The Kier molecular flexibility index (Phi) is 5.18. The number of amides is 2. The lowest BCUT2D eigenvalue weighted by molar-refractivity contribution is -0.135. The van der Waals surface area contributed by atoms with Gasteiger partial charge in [0.2, 0.25) is 5.91 Å². The zero-order valence-electron chi connectivity index (χ0n) is 14.1. The fourth-order valence-corrected chi connectivity index (χ4v) is 3.33. The molecule has 0 bridgehead atoms. The number of aliphatic imine (C=N–C) groups is 1. The first-order chi connectivity index (χ1) is 12.5. The molecule has 1 aliphatic heterocycles. The first-order valence-electron chi connectivity index (χ1n) is 7.71. The molecule has 0 aromatic heterocycles. The SMILES string of the molecule is COc1ccc(N=C2SC(=Cc3ccc(F)cc3)C(=O)N2C(C)=O)cc1. The van der Waals surface area contributed by atoms with Crippen LogP contribution in [0, 0.1) is 5.82 Å². The molecule has 132 valence electrons. The number of benzene rings is 2. The van der Waals surface area contributed by atoms with E-state index in [-0.39, 0.29) is 11.0 Å². The Balaban J connectivity index is 1.94. The third-order valence-electron chi connectivity index (χ3n) is 3.59. The third-order valence-corrected chi connectivity index (χ3v) is 4.56. The highest BCUT2D eigenvalue weighted by Gasteiger charge is 2.36. The van der Waals surface area contributed by atoms with Crippen molar-refractivity contribution in [2.75, 3.05) is 7.11 Å². The van der Waals surface area contributed by atoms with E-state index in [1.54, 1.807) is 49.6 Å². The van der Waals surface area contributed by atoms with Gasteiger partial charge in [0.1, 0.15) is 11.6 Å². The summed E-state index contributed by atoms with van der Waals surface area (Å²) >= 11 is 1.10. The van der Waals surface area contributed by atoms with E-state index in [4.69, 9.17) is 4.74 Å². The molecule has 7 heteroatoms. The molecule has 1 aliphatic rings. The fraction of sp³-hybridized carbons (Fsp3) is 0.105. The maximum Gasteiger partial charge on any atom is 0.273 e. The highest BCUT2D eigenvalue weighted by atomic mass is 32.2. The molecule has 0 aliphatic carbocycles. The lowest BCUT2D eigenvalue weighted by atomic mass is 10.2. The normalized spacial score (nSPS) is 17.2. The predicted octanol–water partition coefficient (Wildman–Crippen LogP) is 3.98. The summed E-state index contributed by atoms with van der Waals surface area (Å²) in [4.78, 5) is 30.3. The first-order valence-corrected chi connectivity index (χ1v) is 8.52. The summed E-state index contributed by atoms with van der Waals surface area (Å²) in [5, 5.41) is 0.279. The Labute approximate surface area is 154 Å². The summed E-state index contributed by atoms with van der Waals surface area (Å²) in [7, 11) is 1.57. The minimum Gasteiger partial charge on any atom is -0.497 e. The van der Waals surface area contributed by atoms with E-state index in [1.807, 2.05) is 0 Å². The van der Waals surface area contributed by atoms with Gasteiger partial charge < -0.3 is 4.74 Å². The highest BCUT2D eigenvalue weighted by Crippen LogP contribution is 2.34. The van der Waals surface area contributed by atoms with Crippen molar-refractivity contribution >= 4 is 40.5 Å². The first kappa shape index (κ1) is 17.9. The van der Waals surface area contributed by atoms with Gasteiger partial charge in [-0.2, -0.15) is 0 Å². The van der Waals surface area contributed by atoms with Gasteiger partial charge in [0.15, 0.2) is 5.17 Å². The van der Waals surface area contributed by atoms with Gasteiger partial charge in [-0.15, -0.1) is 0 Å². The number of halogens is 1. The minimum atomic E-state index is -0.445. The molecule has 0 atom stereocenters. The van der Waals surface area contributed by atoms with Crippen LogP contribution in [-0.2, 0) is 9.59 Å². The predicted molar refractivity (Wildman–Crippen MR) is 99.6 cm³/mol. The van der Waals surface area contributed by atoms with Crippen molar-refractivity contribution in [1.82, 2.24) is 4.90 Å². The lowest BCUT2D eigenvalue weighted by Crippen LogP contribution is -2.33. The molecular formula is C19H15FN2O3S. The van der Waals surface area contributed by atoms with Gasteiger partial charge in [-0.05, 0) is 59.8 Å². The van der Waals surface area contributed by atoms with Crippen molar-refractivity contribution in [2.24, 2.45) is 4.99 Å². The zero-order chi connectivity index (χ0) is 18.7. The number of hydrogen-bond acceptors (Lipinski definition) is 5. The van der Waals surface area contributed by atoms with Crippen LogP contribution >= 0.6 is 11.8 Å². The summed E-state index contributed by atoms with van der Waals surface area (Å²) in [5.74, 6) is -0.537. The summed E-state index contributed by atoms with van der Waals surface area (Å²) in [6, 6.07) is 12.7. The van der Waals surface area contributed by atoms with Crippen molar-refractivity contribution in [3.05, 3.63) is 64.8 Å². The molecule has 0 saturated carbocycles. The van der Waals surface area contributed by atoms with Crippen molar-refractivity contribution < 1.29 is 18.7 Å². The Hall–Kier alpha value is -2.93. The van der Waals surface area contributed by atoms with E-state index in [1.165, 1.54) is 19.1 Å². The second kappa shape index (κ2) is 7.53. The third kappa shape index (κ3) is 3.83. The van der Waals surface area contributed by atoms with Crippen LogP contribution in [0.3, 0.4) is 0 Å². The van der Waals surface area contributed by atoms with Crippen molar-refractivity contribution in [3.63, 3.8) is 0 Å². The van der Waals surface area contributed by atoms with Gasteiger partial charge in [0.05, 0.1) is 17.7 Å². The van der Waals surface area contributed by atoms with Gasteiger partial charge in [-0.1, -0.05) is 12.1 Å². The molecular weight excluding hydrogens is 355 g/mol. The standard InChI is InChI=1S/C19H15FN2O3S/c1-12(23)22-18(24)17(11-13-3-5-14(20)6-4-13)26-19(22)21-15-7-9-16(25-2)10-8-15/h3-11H,1-2H3. The topological polar surface area (TPSA) is 59.0 Å². The molecule has 1 heterocycles. The maximum absolute atomic E-state index is 13.0. The van der Waals surface area contributed by atoms with E-state index in [0.29, 0.717) is 21.9 Å². The molecule has 2 amide bonds. The average molecular weight is 370 g/mol. The van der Waals surface area contributed by atoms with Gasteiger partial charge in [-0.3, -0.25) is 9.59 Å². The van der Waals surface area contributed by atoms with E-state index in [0.717, 1.165) is 16.7 Å². The average Bonchev–Trinajstić information content (AvgIpc) is 2.93. The number of ether oxygens (including phenoxy) is 1. The second-order valence-electron chi connectivity index (χ2n) is 5.41. The number of thioether (sulfide) groups is 1. The summed E-state index contributed by atoms with van der Waals surface area (Å²) in [6.07, 6.45) is 1.61. The summed E-state index contributed by atoms with van der Waals surface area (Å²) < 4.78 is 18.1. The maximum atomic E-state index is 13.0. The van der Waals surface area contributed by atoms with Crippen molar-refractivity contribution in [3.8, 4) is 5.75 Å². The van der Waals surface area contributed by atoms with E-state index in [9.17, 15) is 14.0 Å². The second-order valence-corrected chi connectivity index (χ2v) is 6.42. The Morgan fingerprint density at radius 3 is 2.38 bits per heavy atom. The van der Waals surface area contributed by atoms with Gasteiger partial charge in [-0.25, -0.2) is 14.3 Å². The monoisotopic (exact) mass is 370 g/mol. The fourth-order valence-electron chi connectivity index (χ4n) is 2.30. The van der Waals surface area contributed by atoms with Crippen LogP contribution in [0.4, 0.5) is 10.1 Å². The van der Waals surface area contributed by atoms with Crippen molar-refractivity contribution in [2.45, 2.75) is 6.92 Å². The largest absolute Gasteiger partial charge is 0.497 e. The quantitative estimate of drug-likeness (QED) is 0.767. The van der Waals surface area contributed by atoms with Crippen molar-refractivity contribution in [1.29, 1.82) is 0 Å². The van der Waals surface area contributed by atoms with Gasteiger partial charge in [0, 0.05) is 6.92 Å². The lowest BCUT2D eigenvalue weighted by Gasteiger charge is -2.10. The van der Waals surface area contributed by atoms with Crippen LogP contribution in [0.1, 0.15) is 12.5 Å². The van der Waals surface area contributed by atoms with Crippen LogP contribution in [0.2, 0.25) is 0 Å². The Morgan fingerprint density at radius 2 is 1.81 bits per heavy atom. The molecule has 26 heavy (non-hydrogen) atoms. The van der Waals surface area contributed by atoms with E-state index >= 15 is 0 Å². The van der Waals surface area contributed by atoms with Crippen LogP contribution in [0.25, 0.3) is 6.08 Å². The van der Waals surface area contributed by atoms with Gasteiger partial charge in [0.25, 0.3) is 5.91 Å². The highest BCUT2D eigenvalue weighted by molar-refractivity contribution is 8.18. The number of imide groups is 1. The molecule has 2 aromatic rings. The zero-order valence-corrected chi connectivity index (χ0v) is 14.9. The molecule has 3 rings (SSSR count). The minimum absolute atomic E-state index is 0.279. The molecule has 0 radical (unpaired) electrons. The number of carbonyl (C=O) groups excluding carboxylic acids is 2. The van der Waals surface area contributed by atoms with E-state index in [2.05, 4.69) is 4.99 Å². The molecule has 1 fully saturated rings. The molecule has 0 unspecified atom stereocenters. The molecule has 1 saturated heterocycles. The molecule has 5 nitrogen and oxygen atoms in total. The smallest absolute Gasteiger partial charge is 0.273 e. The molecule has 0 spiro atoms.